The molecule has 51 heavy (non-hydrogen) atoms. The molecule has 1 fully saturated rings. The van der Waals surface area contributed by atoms with E-state index in [1.165, 1.54) is 28.7 Å². The van der Waals surface area contributed by atoms with E-state index in [1.807, 2.05) is 45.8 Å². The van der Waals surface area contributed by atoms with Crippen LogP contribution in [-0.2, 0) is 28.2 Å². The van der Waals surface area contributed by atoms with Gasteiger partial charge in [0.1, 0.15) is 22.9 Å². The van der Waals surface area contributed by atoms with Crippen LogP contribution in [0.1, 0.15) is 59.1 Å². The third-order valence-electron chi connectivity index (χ3n) is 9.66. The van der Waals surface area contributed by atoms with Crippen molar-refractivity contribution in [3.05, 3.63) is 95.9 Å². The lowest BCUT2D eigenvalue weighted by Crippen LogP contribution is -2.42. The van der Waals surface area contributed by atoms with Crippen LogP contribution in [0.4, 0.5) is 0 Å². The van der Waals surface area contributed by atoms with Crippen molar-refractivity contribution in [2.24, 2.45) is 0 Å². The Morgan fingerprint density at radius 2 is 1.86 bits per heavy atom. The first-order valence-electron chi connectivity index (χ1n) is 17.0. The number of aliphatic hydroxyl groups is 2. The number of H-pyrrole nitrogens is 1. The molecule has 1 aliphatic rings. The normalized spacial score (nSPS) is 17.4. The zero-order chi connectivity index (χ0) is 35.5. The number of aromatic amines is 1. The number of hydrogen-bond donors (Lipinski definition) is 5. The summed E-state index contributed by atoms with van der Waals surface area (Å²) in [7, 11) is 2.14. The molecule has 2 aromatic carbocycles. The fraction of sp³-hybridized carbons (Fsp3) is 0.389. The number of phenols is 1. The monoisotopic (exact) mass is 748 g/mol. The molecular formula is C36H40N6O6S3. The summed E-state index contributed by atoms with van der Waals surface area (Å²) in [5.74, 6) is -0.618. The van der Waals surface area contributed by atoms with Crippen molar-refractivity contribution in [3.8, 4) is 5.75 Å². The van der Waals surface area contributed by atoms with Crippen LogP contribution < -0.4 is 10.2 Å². The minimum atomic E-state index is -1.78. The number of nitrogens with zero attached hydrogens (tertiary/aromatic N) is 4. The standard InChI is InChI=1S/C36H40N6O6S3/c1-41(23-8-10-24(11-9-23)48-34(45)36(47,30-5-2-17-49-30)31-6-3-18-50-31)15-4-16-42-27-13-7-22(19-26(27)39-40-42)20-37-21-29(44)25-12-14-28(43)32-33(25)51-35(46)38-32/h2-3,5-7,12-14,17-19,23-24,29,37,43-44,47H,4,8-11,15-16,20-21H2,1H3,(H,38,46)/t23-,24-,29-/m0/s1. The van der Waals surface area contributed by atoms with Gasteiger partial charge < -0.3 is 35.3 Å². The molecule has 4 aromatic heterocycles. The fourth-order valence-corrected chi connectivity index (χ4v) is 9.47. The molecule has 0 saturated heterocycles. The number of thiophene rings is 2. The second-order valence-electron chi connectivity index (χ2n) is 13.0. The van der Waals surface area contributed by atoms with E-state index >= 15 is 0 Å². The highest BCUT2D eigenvalue weighted by molar-refractivity contribution is 7.16. The molecule has 12 nitrogen and oxygen atoms in total. The van der Waals surface area contributed by atoms with Gasteiger partial charge in [0.15, 0.2) is 0 Å². The van der Waals surface area contributed by atoms with Crippen LogP contribution in [0, 0.1) is 0 Å². The van der Waals surface area contributed by atoms with Gasteiger partial charge in [-0.15, -0.1) is 27.8 Å². The summed E-state index contributed by atoms with van der Waals surface area (Å²) in [6.45, 7) is 2.41. The molecule has 0 bridgehead atoms. The van der Waals surface area contributed by atoms with E-state index in [4.69, 9.17) is 4.74 Å². The third kappa shape index (κ3) is 7.51. The number of benzene rings is 2. The molecule has 6 aromatic rings. The first-order valence-corrected chi connectivity index (χ1v) is 19.6. The van der Waals surface area contributed by atoms with Crippen LogP contribution in [0.15, 0.2) is 70.2 Å². The van der Waals surface area contributed by atoms with Crippen LogP contribution in [0.2, 0.25) is 0 Å². The molecule has 7 rings (SSSR count). The number of hydrogen-bond acceptors (Lipinski definition) is 13. The van der Waals surface area contributed by atoms with E-state index in [1.54, 1.807) is 18.2 Å². The number of aliphatic hydroxyl groups excluding tert-OH is 1. The number of ether oxygens (including phenoxy) is 1. The molecule has 15 heteroatoms. The number of rotatable bonds is 14. The van der Waals surface area contributed by atoms with Crippen molar-refractivity contribution in [3.63, 3.8) is 0 Å². The SMILES string of the molecule is CN(CCCn1nnc2cc(CNC[C@H](O)c3ccc(O)c4[nH]c(=O)sc34)ccc21)[C@H]1CC[C@H](OC(=O)C(O)(c2cccs2)c2cccs2)CC1. The van der Waals surface area contributed by atoms with Gasteiger partial charge in [0.2, 0.25) is 5.60 Å². The van der Waals surface area contributed by atoms with Crippen LogP contribution >= 0.6 is 34.0 Å². The molecule has 0 spiro atoms. The number of aromatic nitrogens is 4. The number of phenolic OH excluding ortho intramolecular Hbond substituents is 1. The van der Waals surface area contributed by atoms with Gasteiger partial charge in [-0.1, -0.05) is 40.8 Å². The lowest BCUT2D eigenvalue weighted by Gasteiger charge is -2.35. The summed E-state index contributed by atoms with van der Waals surface area (Å²) in [5, 5.41) is 48.2. The summed E-state index contributed by atoms with van der Waals surface area (Å²) in [5.41, 5.74) is 1.93. The van der Waals surface area contributed by atoms with E-state index in [-0.39, 0.29) is 23.3 Å². The van der Waals surface area contributed by atoms with E-state index in [2.05, 4.69) is 32.6 Å². The van der Waals surface area contributed by atoms with Gasteiger partial charge in [0.25, 0.3) is 0 Å². The highest BCUT2D eigenvalue weighted by Crippen LogP contribution is 2.38. The maximum absolute atomic E-state index is 13.4. The Kier molecular flexibility index (Phi) is 10.7. The number of carbonyl (C=O) groups is 1. The number of esters is 1. The Morgan fingerprint density at radius 1 is 1.12 bits per heavy atom. The Bertz CT molecular complexity index is 2100. The lowest BCUT2D eigenvalue weighted by atomic mass is 9.91. The molecular weight excluding hydrogens is 709 g/mol. The fourth-order valence-electron chi connectivity index (χ4n) is 6.84. The van der Waals surface area contributed by atoms with Gasteiger partial charge in [0, 0.05) is 31.2 Å². The van der Waals surface area contributed by atoms with Gasteiger partial charge in [-0.2, -0.15) is 0 Å². The van der Waals surface area contributed by atoms with Gasteiger partial charge in [-0.05, 0) is 92.4 Å². The number of nitrogens with one attached hydrogen (secondary N) is 2. The van der Waals surface area contributed by atoms with Crippen molar-refractivity contribution in [1.29, 1.82) is 0 Å². The van der Waals surface area contributed by atoms with Gasteiger partial charge >= 0.3 is 10.8 Å². The van der Waals surface area contributed by atoms with Crippen molar-refractivity contribution in [2.75, 3.05) is 20.1 Å². The zero-order valence-electron chi connectivity index (χ0n) is 28.0. The molecule has 0 aliphatic heterocycles. The molecule has 4 heterocycles. The highest BCUT2D eigenvalue weighted by Gasteiger charge is 2.45. The van der Waals surface area contributed by atoms with E-state index in [9.17, 15) is 24.9 Å². The van der Waals surface area contributed by atoms with Crippen LogP contribution in [-0.4, -0.2) is 78.4 Å². The van der Waals surface area contributed by atoms with Crippen molar-refractivity contribution in [1.82, 2.24) is 30.2 Å². The Morgan fingerprint density at radius 3 is 2.57 bits per heavy atom. The zero-order valence-corrected chi connectivity index (χ0v) is 30.5. The molecule has 1 saturated carbocycles. The number of aryl methyl sites for hydroxylation is 1. The maximum atomic E-state index is 13.4. The first-order chi connectivity index (χ1) is 24.7. The summed E-state index contributed by atoms with van der Waals surface area (Å²) in [4.78, 5) is 31.0. The second kappa shape index (κ2) is 15.3. The van der Waals surface area contributed by atoms with E-state index in [0.29, 0.717) is 38.1 Å². The summed E-state index contributed by atoms with van der Waals surface area (Å²) in [6.07, 6.45) is 3.17. The molecule has 1 aliphatic carbocycles. The predicted octanol–water partition coefficient (Wildman–Crippen LogP) is 5.10. The van der Waals surface area contributed by atoms with E-state index in [0.717, 1.165) is 73.1 Å². The molecule has 0 amide bonds. The quantitative estimate of drug-likeness (QED) is 0.0947. The minimum Gasteiger partial charge on any atom is -0.506 e. The van der Waals surface area contributed by atoms with Crippen LogP contribution in [0.3, 0.4) is 0 Å². The van der Waals surface area contributed by atoms with Gasteiger partial charge in [-0.3, -0.25) is 4.79 Å². The smallest absolute Gasteiger partial charge is 0.349 e. The van der Waals surface area contributed by atoms with Gasteiger partial charge in [0.05, 0.1) is 26.1 Å². The average Bonchev–Trinajstić information content (AvgIpc) is 3.96. The second-order valence-corrected chi connectivity index (χ2v) is 15.9. The Balaban J connectivity index is 0.859. The molecule has 5 N–H and O–H groups in total. The summed E-state index contributed by atoms with van der Waals surface area (Å²) in [6, 6.07) is 16.8. The minimum absolute atomic E-state index is 0.0177. The lowest BCUT2D eigenvalue weighted by molar-refractivity contribution is -0.169. The molecule has 1 atom stereocenters. The van der Waals surface area contributed by atoms with E-state index < -0.39 is 17.7 Å². The summed E-state index contributed by atoms with van der Waals surface area (Å²) >= 11 is 3.67. The molecule has 268 valence electrons. The number of aromatic hydroxyl groups is 1. The number of thiazole rings is 1. The highest BCUT2D eigenvalue weighted by atomic mass is 32.1. The van der Waals surface area contributed by atoms with Crippen LogP contribution in [0.5, 0.6) is 5.75 Å². The summed E-state index contributed by atoms with van der Waals surface area (Å²) < 4.78 is 8.42. The Labute approximate surface area is 305 Å². The largest absolute Gasteiger partial charge is 0.506 e. The number of carbonyl (C=O) groups excluding carboxylic acids is 1. The van der Waals surface area contributed by atoms with Crippen molar-refractivity contribution >= 4 is 61.2 Å². The average molecular weight is 749 g/mol. The predicted molar refractivity (Wildman–Crippen MR) is 199 cm³/mol. The first kappa shape index (κ1) is 35.4. The maximum Gasteiger partial charge on any atom is 0.349 e. The van der Waals surface area contributed by atoms with Crippen molar-refractivity contribution < 1.29 is 24.9 Å². The van der Waals surface area contributed by atoms with Crippen LogP contribution in [0.25, 0.3) is 21.3 Å². The third-order valence-corrected chi connectivity index (χ3v) is 12.6. The number of fused-ring (bicyclic) bond motifs is 2. The Hall–Kier alpha value is -3.96. The van der Waals surface area contributed by atoms with Crippen molar-refractivity contribution in [2.45, 2.75) is 69.0 Å². The topological polar surface area (TPSA) is 166 Å². The van der Waals surface area contributed by atoms with Gasteiger partial charge in [-0.25, -0.2) is 9.48 Å². The molecule has 0 radical (unpaired) electrons. The molecule has 0 unspecified atom stereocenters.